The van der Waals surface area contributed by atoms with E-state index in [1.165, 1.54) is 29.2 Å². The second kappa shape index (κ2) is 9.01. The summed E-state index contributed by atoms with van der Waals surface area (Å²) in [6.45, 7) is 5.07. The van der Waals surface area contributed by atoms with Crippen LogP contribution in [0.25, 0.3) is 0 Å². The number of carboxylic acids is 1. The first kappa shape index (κ1) is 21.6. The van der Waals surface area contributed by atoms with Crippen molar-refractivity contribution in [3.05, 3.63) is 65.7 Å². The highest BCUT2D eigenvalue weighted by molar-refractivity contribution is 7.92. The van der Waals surface area contributed by atoms with Crippen LogP contribution in [0.5, 0.6) is 0 Å². The fraction of sp³-hybridized carbons (Fsp3) is 0.333. The highest BCUT2D eigenvalue weighted by atomic mass is 32.2. The minimum absolute atomic E-state index is 0.0507. The van der Waals surface area contributed by atoms with E-state index >= 15 is 0 Å². The molecule has 1 N–H and O–H groups in total. The third-order valence-electron chi connectivity index (χ3n) is 4.47. The van der Waals surface area contributed by atoms with Crippen molar-refractivity contribution in [2.45, 2.75) is 37.5 Å². The number of carboxylic acid groups (broad SMARTS) is 1. The second-order valence-electron chi connectivity index (χ2n) is 7.03. The predicted octanol–water partition coefficient (Wildman–Crippen LogP) is 3.23. The Labute approximate surface area is 165 Å². The zero-order valence-corrected chi connectivity index (χ0v) is 17.0. The molecular formula is C21H25NO5S. The van der Waals surface area contributed by atoms with Crippen molar-refractivity contribution in [2.24, 2.45) is 5.92 Å². The zero-order chi connectivity index (χ0) is 20.9. The molecule has 0 unspecified atom stereocenters. The van der Waals surface area contributed by atoms with Gasteiger partial charge in [0.15, 0.2) is 9.84 Å². The molecule has 1 atom stereocenters. The Morgan fingerprint density at radius 3 is 2.04 bits per heavy atom. The topological polar surface area (TPSA) is 91.8 Å². The maximum atomic E-state index is 13.0. The molecule has 0 saturated heterocycles. The van der Waals surface area contributed by atoms with Gasteiger partial charge in [-0.25, -0.2) is 8.42 Å². The first-order valence-electron chi connectivity index (χ1n) is 9.03. The molecule has 0 bridgehead atoms. The Kier molecular flexibility index (Phi) is 6.96. The summed E-state index contributed by atoms with van der Waals surface area (Å²) in [4.78, 5) is 25.9. The van der Waals surface area contributed by atoms with Crippen LogP contribution >= 0.6 is 0 Å². The summed E-state index contributed by atoms with van der Waals surface area (Å²) in [7, 11) is -3.42. The lowest BCUT2D eigenvalue weighted by molar-refractivity contribution is -0.141. The van der Waals surface area contributed by atoms with Crippen LogP contribution in [0.15, 0.2) is 59.5 Å². The van der Waals surface area contributed by atoms with Gasteiger partial charge in [-0.2, -0.15) is 0 Å². The van der Waals surface area contributed by atoms with E-state index in [0.29, 0.717) is 5.56 Å². The summed E-state index contributed by atoms with van der Waals surface area (Å²) in [5, 5.41) is 8.67. The standard InChI is InChI=1S/C21H25NO5S/c1-15(2)28(26,27)19-11-9-18(10-12-19)20(23)22(13-16(3)21(24)25)14-17-7-5-4-6-8-17/h4-12,15-16H,13-14H2,1-3H3,(H,24,25)/t16-/m0/s1. The van der Waals surface area contributed by atoms with Gasteiger partial charge in [-0.15, -0.1) is 0 Å². The van der Waals surface area contributed by atoms with Gasteiger partial charge in [0.2, 0.25) is 0 Å². The highest BCUT2D eigenvalue weighted by Crippen LogP contribution is 2.18. The number of carbonyl (C=O) groups is 2. The average Bonchev–Trinajstić information content (AvgIpc) is 2.67. The number of aliphatic carboxylic acids is 1. The summed E-state index contributed by atoms with van der Waals surface area (Å²) in [6.07, 6.45) is 0. The SMILES string of the molecule is CC(C)S(=O)(=O)c1ccc(C(=O)N(Cc2ccccc2)C[C@H](C)C(=O)O)cc1. The minimum Gasteiger partial charge on any atom is -0.481 e. The third-order valence-corrected chi connectivity index (χ3v) is 6.64. The lowest BCUT2D eigenvalue weighted by Crippen LogP contribution is -2.36. The van der Waals surface area contributed by atoms with Crippen LogP contribution in [-0.4, -0.2) is 42.1 Å². The Bertz CT molecular complexity index is 921. The number of carbonyl (C=O) groups excluding carboxylic acids is 1. The summed E-state index contributed by atoms with van der Waals surface area (Å²) in [6, 6.07) is 15.1. The Balaban J connectivity index is 2.29. The molecule has 1 amide bonds. The fourth-order valence-corrected chi connectivity index (χ4v) is 3.73. The van der Waals surface area contributed by atoms with Crippen molar-refractivity contribution >= 4 is 21.7 Å². The summed E-state index contributed by atoms with van der Waals surface area (Å²) in [5.41, 5.74) is 1.20. The van der Waals surface area contributed by atoms with Crippen molar-refractivity contribution in [1.29, 1.82) is 0 Å². The molecule has 6 nitrogen and oxygen atoms in total. The van der Waals surface area contributed by atoms with E-state index in [-0.39, 0.29) is 23.9 Å². The van der Waals surface area contributed by atoms with Gasteiger partial charge >= 0.3 is 5.97 Å². The maximum absolute atomic E-state index is 13.0. The van der Waals surface area contributed by atoms with Crippen LogP contribution in [0.2, 0.25) is 0 Å². The van der Waals surface area contributed by atoms with E-state index < -0.39 is 27.0 Å². The molecule has 28 heavy (non-hydrogen) atoms. The zero-order valence-electron chi connectivity index (χ0n) is 16.2. The molecule has 0 aliphatic carbocycles. The van der Waals surface area contributed by atoms with E-state index in [4.69, 9.17) is 0 Å². The molecule has 0 heterocycles. The third kappa shape index (κ3) is 5.19. The van der Waals surface area contributed by atoms with E-state index in [9.17, 15) is 23.1 Å². The van der Waals surface area contributed by atoms with Crippen LogP contribution < -0.4 is 0 Å². The molecule has 0 aliphatic rings. The van der Waals surface area contributed by atoms with Crippen molar-refractivity contribution < 1.29 is 23.1 Å². The van der Waals surface area contributed by atoms with Crippen LogP contribution in [0, 0.1) is 5.92 Å². The van der Waals surface area contributed by atoms with Gasteiger partial charge in [0, 0.05) is 18.7 Å². The molecule has 150 valence electrons. The lowest BCUT2D eigenvalue weighted by Gasteiger charge is -2.25. The van der Waals surface area contributed by atoms with Crippen molar-refractivity contribution in [1.82, 2.24) is 4.90 Å². The Morgan fingerprint density at radius 2 is 1.54 bits per heavy atom. The Morgan fingerprint density at radius 1 is 0.964 bits per heavy atom. The monoisotopic (exact) mass is 403 g/mol. The normalized spacial score (nSPS) is 12.6. The number of amides is 1. The van der Waals surface area contributed by atoms with E-state index in [0.717, 1.165) is 5.56 Å². The first-order chi connectivity index (χ1) is 13.1. The summed E-state index contributed by atoms with van der Waals surface area (Å²) >= 11 is 0. The molecule has 0 fully saturated rings. The van der Waals surface area contributed by atoms with Crippen LogP contribution in [0.4, 0.5) is 0 Å². The second-order valence-corrected chi connectivity index (χ2v) is 9.53. The number of rotatable bonds is 8. The smallest absolute Gasteiger partial charge is 0.308 e. The molecule has 0 aliphatic heterocycles. The molecule has 2 aromatic rings. The van der Waals surface area contributed by atoms with E-state index in [1.807, 2.05) is 30.3 Å². The average molecular weight is 404 g/mol. The van der Waals surface area contributed by atoms with Crippen molar-refractivity contribution in [3.8, 4) is 0 Å². The minimum atomic E-state index is -3.42. The number of nitrogens with zero attached hydrogens (tertiary/aromatic N) is 1. The van der Waals surface area contributed by atoms with Gasteiger partial charge in [-0.05, 0) is 43.7 Å². The quantitative estimate of drug-likeness (QED) is 0.731. The van der Waals surface area contributed by atoms with Gasteiger partial charge in [0.05, 0.1) is 16.1 Å². The van der Waals surface area contributed by atoms with Gasteiger partial charge in [0.1, 0.15) is 0 Å². The molecule has 7 heteroatoms. The molecule has 2 rings (SSSR count). The largest absolute Gasteiger partial charge is 0.481 e. The van der Waals surface area contributed by atoms with Crippen LogP contribution in [0.3, 0.4) is 0 Å². The lowest BCUT2D eigenvalue weighted by atomic mass is 10.1. The molecule has 0 radical (unpaired) electrons. The molecule has 2 aromatic carbocycles. The number of hydrogen-bond acceptors (Lipinski definition) is 4. The van der Waals surface area contributed by atoms with Gasteiger partial charge in [-0.1, -0.05) is 37.3 Å². The van der Waals surface area contributed by atoms with Crippen LogP contribution in [0.1, 0.15) is 36.7 Å². The fourth-order valence-electron chi connectivity index (χ4n) is 2.67. The summed E-state index contributed by atoms with van der Waals surface area (Å²) < 4.78 is 24.5. The van der Waals surface area contributed by atoms with Gasteiger partial charge in [-0.3, -0.25) is 9.59 Å². The molecule has 0 saturated carbocycles. The highest BCUT2D eigenvalue weighted by Gasteiger charge is 2.23. The maximum Gasteiger partial charge on any atom is 0.308 e. The molecule has 0 spiro atoms. The van der Waals surface area contributed by atoms with Crippen molar-refractivity contribution in [3.63, 3.8) is 0 Å². The number of benzene rings is 2. The van der Waals surface area contributed by atoms with Gasteiger partial charge in [0.25, 0.3) is 5.91 Å². The van der Waals surface area contributed by atoms with Gasteiger partial charge < -0.3 is 10.0 Å². The first-order valence-corrected chi connectivity index (χ1v) is 10.6. The van der Waals surface area contributed by atoms with E-state index in [2.05, 4.69) is 0 Å². The van der Waals surface area contributed by atoms with Crippen molar-refractivity contribution in [2.75, 3.05) is 6.54 Å². The van der Waals surface area contributed by atoms with E-state index in [1.54, 1.807) is 20.8 Å². The number of sulfone groups is 1. The Hall–Kier alpha value is -2.67. The summed E-state index contributed by atoms with van der Waals surface area (Å²) in [5.74, 6) is -2.05. The van der Waals surface area contributed by atoms with Crippen LogP contribution in [-0.2, 0) is 21.2 Å². The molecular weight excluding hydrogens is 378 g/mol. The number of hydrogen-bond donors (Lipinski definition) is 1. The predicted molar refractivity (Wildman–Crippen MR) is 107 cm³/mol. The molecule has 0 aromatic heterocycles.